The summed E-state index contributed by atoms with van der Waals surface area (Å²) in [6, 6.07) is 7.78. The highest BCUT2D eigenvalue weighted by atomic mass is 16.2. The van der Waals surface area contributed by atoms with Crippen LogP contribution in [0.4, 0.5) is 0 Å². The summed E-state index contributed by atoms with van der Waals surface area (Å²) in [7, 11) is 6.94. The molecule has 0 saturated heterocycles. The third kappa shape index (κ3) is 2.06. The van der Waals surface area contributed by atoms with E-state index < -0.39 is 0 Å². The van der Waals surface area contributed by atoms with Gasteiger partial charge < -0.3 is 9.80 Å². The van der Waals surface area contributed by atoms with Crippen LogP contribution in [0.25, 0.3) is 10.8 Å². The molecule has 114 valence electrons. The molecule has 0 aromatic heterocycles. The van der Waals surface area contributed by atoms with E-state index in [1.807, 2.05) is 24.3 Å². The lowest BCUT2D eigenvalue weighted by Crippen LogP contribution is -2.25. The van der Waals surface area contributed by atoms with E-state index in [4.69, 9.17) is 0 Å². The summed E-state index contributed by atoms with van der Waals surface area (Å²) in [6.45, 7) is 0. The van der Waals surface area contributed by atoms with E-state index in [9.17, 15) is 9.59 Å². The molecule has 0 fully saturated rings. The van der Waals surface area contributed by atoms with Crippen molar-refractivity contribution < 1.29 is 9.59 Å². The number of rotatable bonds is 2. The van der Waals surface area contributed by atoms with E-state index in [0.717, 1.165) is 23.6 Å². The molecular formula is C18H20N2O2. The molecule has 0 heterocycles. The predicted octanol–water partition coefficient (Wildman–Crippen LogP) is 2.34. The van der Waals surface area contributed by atoms with Gasteiger partial charge in [-0.2, -0.15) is 0 Å². The lowest BCUT2D eigenvalue weighted by molar-refractivity contribution is 0.0828. The zero-order valence-electron chi connectivity index (χ0n) is 13.4. The Kier molecular flexibility index (Phi) is 3.39. The molecule has 0 unspecified atom stereocenters. The molecule has 2 aromatic carbocycles. The maximum Gasteiger partial charge on any atom is 0.253 e. The Bertz CT molecular complexity index is 729. The third-order valence-corrected chi connectivity index (χ3v) is 4.27. The Labute approximate surface area is 130 Å². The van der Waals surface area contributed by atoms with Crippen molar-refractivity contribution in [3.8, 4) is 0 Å². The number of benzene rings is 2. The summed E-state index contributed by atoms with van der Waals surface area (Å²) >= 11 is 0. The summed E-state index contributed by atoms with van der Waals surface area (Å²) < 4.78 is 0. The fourth-order valence-corrected chi connectivity index (χ4v) is 3.17. The first-order valence-corrected chi connectivity index (χ1v) is 7.42. The van der Waals surface area contributed by atoms with Crippen LogP contribution in [-0.4, -0.2) is 49.8 Å². The van der Waals surface area contributed by atoms with Gasteiger partial charge in [-0.1, -0.05) is 12.1 Å². The van der Waals surface area contributed by atoms with Gasteiger partial charge in [-0.25, -0.2) is 0 Å². The van der Waals surface area contributed by atoms with Crippen LogP contribution < -0.4 is 0 Å². The molecule has 2 amide bonds. The maximum absolute atomic E-state index is 12.5. The minimum Gasteiger partial charge on any atom is -0.345 e. The minimum atomic E-state index is -0.0663. The molecule has 4 heteroatoms. The highest BCUT2D eigenvalue weighted by Gasteiger charge is 2.24. The van der Waals surface area contributed by atoms with Gasteiger partial charge in [0.25, 0.3) is 11.8 Å². The van der Waals surface area contributed by atoms with E-state index >= 15 is 0 Å². The van der Waals surface area contributed by atoms with Gasteiger partial charge in [0.15, 0.2) is 0 Å². The second-order valence-electron chi connectivity index (χ2n) is 6.19. The highest BCUT2D eigenvalue weighted by Crippen LogP contribution is 2.35. The SMILES string of the molecule is CN(C)C(=O)c1ccc2c3c(ccc(C(=O)N(C)C)c13)CC2. The molecular weight excluding hydrogens is 276 g/mol. The van der Waals surface area contributed by atoms with Crippen LogP contribution >= 0.6 is 0 Å². The number of carbonyl (C=O) groups is 2. The largest absolute Gasteiger partial charge is 0.345 e. The van der Waals surface area contributed by atoms with E-state index in [2.05, 4.69) is 0 Å². The van der Waals surface area contributed by atoms with Crippen LogP contribution in [0.2, 0.25) is 0 Å². The summed E-state index contributed by atoms with van der Waals surface area (Å²) in [4.78, 5) is 28.2. The smallest absolute Gasteiger partial charge is 0.253 e. The average Bonchev–Trinajstić information content (AvgIpc) is 2.91. The van der Waals surface area contributed by atoms with E-state index in [1.54, 1.807) is 38.0 Å². The first-order chi connectivity index (χ1) is 10.4. The van der Waals surface area contributed by atoms with E-state index in [1.165, 1.54) is 11.1 Å². The monoisotopic (exact) mass is 296 g/mol. The van der Waals surface area contributed by atoms with Crippen LogP contribution in [0.5, 0.6) is 0 Å². The van der Waals surface area contributed by atoms with Gasteiger partial charge in [-0.3, -0.25) is 9.59 Å². The first-order valence-electron chi connectivity index (χ1n) is 7.42. The number of carbonyl (C=O) groups excluding carboxylic acids is 2. The molecule has 4 nitrogen and oxygen atoms in total. The summed E-state index contributed by atoms with van der Waals surface area (Å²) in [6.07, 6.45) is 1.95. The molecule has 0 atom stereocenters. The predicted molar refractivity (Wildman–Crippen MR) is 87.4 cm³/mol. The normalized spacial score (nSPS) is 12.5. The molecule has 0 N–H and O–H groups in total. The van der Waals surface area contributed by atoms with Gasteiger partial charge in [0.1, 0.15) is 0 Å². The van der Waals surface area contributed by atoms with Gasteiger partial charge >= 0.3 is 0 Å². The number of nitrogens with zero attached hydrogens (tertiary/aromatic N) is 2. The third-order valence-electron chi connectivity index (χ3n) is 4.27. The Morgan fingerprint density at radius 2 is 1.14 bits per heavy atom. The van der Waals surface area contributed by atoms with Crippen LogP contribution in [0, 0.1) is 0 Å². The quantitative estimate of drug-likeness (QED) is 0.853. The first kappa shape index (κ1) is 14.6. The van der Waals surface area contributed by atoms with Crippen molar-refractivity contribution in [3.63, 3.8) is 0 Å². The van der Waals surface area contributed by atoms with E-state index in [0.29, 0.717) is 11.1 Å². The van der Waals surface area contributed by atoms with Gasteiger partial charge in [0.05, 0.1) is 0 Å². The van der Waals surface area contributed by atoms with Crippen molar-refractivity contribution in [2.24, 2.45) is 0 Å². The van der Waals surface area contributed by atoms with Gasteiger partial charge in [0, 0.05) is 44.7 Å². The number of hydrogen-bond acceptors (Lipinski definition) is 2. The molecule has 22 heavy (non-hydrogen) atoms. The van der Waals surface area contributed by atoms with Gasteiger partial charge in [-0.15, -0.1) is 0 Å². The standard InChI is InChI=1S/C18H20N2O2/c1-19(2)17(21)13-9-7-11-5-6-12-8-10-14(16(13)15(11)12)18(22)20(3)4/h7-10H,5-6H2,1-4H3. The molecule has 3 rings (SSSR count). The van der Waals surface area contributed by atoms with Crippen molar-refractivity contribution in [1.82, 2.24) is 9.80 Å². The average molecular weight is 296 g/mol. The zero-order chi connectivity index (χ0) is 16.0. The van der Waals surface area contributed by atoms with Crippen molar-refractivity contribution >= 4 is 22.6 Å². The topological polar surface area (TPSA) is 40.6 Å². The Hall–Kier alpha value is -2.36. The van der Waals surface area contributed by atoms with Crippen LogP contribution in [0.15, 0.2) is 24.3 Å². The molecule has 0 spiro atoms. The Morgan fingerprint density at radius 3 is 1.50 bits per heavy atom. The Balaban J connectivity index is 2.39. The fourth-order valence-electron chi connectivity index (χ4n) is 3.17. The van der Waals surface area contributed by atoms with E-state index in [-0.39, 0.29) is 11.8 Å². The number of hydrogen-bond donors (Lipinski definition) is 0. The van der Waals surface area contributed by atoms with Crippen LogP contribution in [0.3, 0.4) is 0 Å². The highest BCUT2D eigenvalue weighted by molar-refractivity contribution is 6.17. The lowest BCUT2D eigenvalue weighted by Gasteiger charge is -2.18. The molecule has 0 aliphatic heterocycles. The molecule has 1 aliphatic carbocycles. The molecule has 0 saturated carbocycles. The summed E-state index contributed by atoms with van der Waals surface area (Å²) in [5.41, 5.74) is 3.68. The van der Waals surface area contributed by atoms with Gasteiger partial charge in [0.2, 0.25) is 0 Å². The second kappa shape index (κ2) is 5.13. The lowest BCUT2D eigenvalue weighted by atomic mass is 9.94. The molecule has 2 aromatic rings. The maximum atomic E-state index is 12.5. The number of aryl methyl sites for hydroxylation is 2. The van der Waals surface area contributed by atoms with Crippen LogP contribution in [-0.2, 0) is 12.8 Å². The zero-order valence-corrected chi connectivity index (χ0v) is 13.4. The fraction of sp³-hybridized carbons (Fsp3) is 0.333. The van der Waals surface area contributed by atoms with Crippen LogP contribution in [0.1, 0.15) is 31.8 Å². The number of amides is 2. The second-order valence-corrected chi connectivity index (χ2v) is 6.19. The Morgan fingerprint density at radius 1 is 0.727 bits per heavy atom. The van der Waals surface area contributed by atoms with Crippen molar-refractivity contribution in [2.75, 3.05) is 28.2 Å². The van der Waals surface area contributed by atoms with Gasteiger partial charge in [-0.05, 0) is 41.5 Å². The molecule has 1 aliphatic rings. The van der Waals surface area contributed by atoms with Crippen molar-refractivity contribution in [3.05, 3.63) is 46.5 Å². The molecule has 0 bridgehead atoms. The van der Waals surface area contributed by atoms with Crippen molar-refractivity contribution in [1.29, 1.82) is 0 Å². The van der Waals surface area contributed by atoms with Crippen molar-refractivity contribution in [2.45, 2.75) is 12.8 Å². The minimum absolute atomic E-state index is 0.0663. The summed E-state index contributed by atoms with van der Waals surface area (Å²) in [5.74, 6) is -0.133. The molecule has 0 radical (unpaired) electrons. The summed E-state index contributed by atoms with van der Waals surface area (Å²) in [5, 5.41) is 1.91.